The van der Waals surface area contributed by atoms with Crippen molar-refractivity contribution >= 4 is 11.6 Å². The summed E-state index contributed by atoms with van der Waals surface area (Å²) in [7, 11) is 0. The number of hydrazine groups is 1. The Hall–Kier alpha value is -1.56. The molecule has 0 amide bonds. The number of nitrogens with two attached hydrogens (primary N) is 1. The minimum Gasteiger partial charge on any atom is -0.271 e. The molecule has 2 nitrogen and oxygen atoms in total. The molecule has 2 rings (SSSR count). The monoisotopic (exact) mass is 300 g/mol. The average Bonchev–Trinajstić information content (AvgIpc) is 2.41. The predicted molar refractivity (Wildman–Crippen MR) is 72.1 cm³/mol. The van der Waals surface area contributed by atoms with Gasteiger partial charge >= 0.3 is 6.18 Å². The molecular formula is C14H12ClF3N2. The second-order valence-corrected chi connectivity index (χ2v) is 4.65. The summed E-state index contributed by atoms with van der Waals surface area (Å²) in [5.74, 6) is 5.47. The van der Waals surface area contributed by atoms with Gasteiger partial charge in [-0.1, -0.05) is 41.9 Å². The molecule has 0 aliphatic carbocycles. The lowest BCUT2D eigenvalue weighted by Gasteiger charge is -2.19. The summed E-state index contributed by atoms with van der Waals surface area (Å²) in [6, 6.07) is 11.3. The van der Waals surface area contributed by atoms with Crippen LogP contribution in [-0.2, 0) is 6.18 Å². The number of nitrogens with one attached hydrogen (secondary N) is 1. The first-order valence-electron chi connectivity index (χ1n) is 5.81. The molecule has 0 fully saturated rings. The van der Waals surface area contributed by atoms with Gasteiger partial charge in [0, 0.05) is 5.02 Å². The van der Waals surface area contributed by atoms with Gasteiger partial charge in [-0.05, 0) is 29.3 Å². The van der Waals surface area contributed by atoms with E-state index in [0.29, 0.717) is 16.1 Å². The van der Waals surface area contributed by atoms with Crippen LogP contribution in [0.4, 0.5) is 13.2 Å². The minimum atomic E-state index is -4.39. The molecule has 2 aromatic carbocycles. The van der Waals surface area contributed by atoms with Gasteiger partial charge < -0.3 is 0 Å². The lowest BCUT2D eigenvalue weighted by molar-refractivity contribution is -0.137. The van der Waals surface area contributed by atoms with Crippen LogP contribution in [0.25, 0.3) is 0 Å². The van der Waals surface area contributed by atoms with Crippen LogP contribution in [-0.4, -0.2) is 0 Å². The van der Waals surface area contributed by atoms with Crippen LogP contribution in [0.1, 0.15) is 22.7 Å². The van der Waals surface area contributed by atoms with E-state index in [1.807, 2.05) is 0 Å². The first-order valence-corrected chi connectivity index (χ1v) is 6.19. The van der Waals surface area contributed by atoms with Gasteiger partial charge in [0.25, 0.3) is 0 Å². The molecule has 6 heteroatoms. The van der Waals surface area contributed by atoms with Crippen molar-refractivity contribution in [3.8, 4) is 0 Å². The van der Waals surface area contributed by atoms with Gasteiger partial charge in [0.15, 0.2) is 0 Å². The lowest BCUT2D eigenvalue weighted by Crippen LogP contribution is -2.29. The Morgan fingerprint density at radius 3 is 2.35 bits per heavy atom. The number of benzene rings is 2. The molecule has 0 radical (unpaired) electrons. The van der Waals surface area contributed by atoms with Gasteiger partial charge in [-0.3, -0.25) is 5.84 Å². The first-order chi connectivity index (χ1) is 9.43. The van der Waals surface area contributed by atoms with Crippen molar-refractivity contribution in [2.75, 3.05) is 0 Å². The third kappa shape index (κ3) is 3.12. The van der Waals surface area contributed by atoms with Crippen LogP contribution >= 0.6 is 11.6 Å². The number of halogens is 4. The van der Waals surface area contributed by atoms with E-state index in [2.05, 4.69) is 5.43 Å². The second kappa shape index (κ2) is 5.83. The molecule has 106 valence electrons. The highest BCUT2D eigenvalue weighted by atomic mass is 35.5. The molecular weight excluding hydrogens is 289 g/mol. The van der Waals surface area contributed by atoms with Crippen LogP contribution < -0.4 is 11.3 Å². The Kier molecular flexibility index (Phi) is 4.32. The lowest BCUT2D eigenvalue weighted by atomic mass is 9.97. The maximum absolute atomic E-state index is 12.7. The van der Waals surface area contributed by atoms with Gasteiger partial charge in [0.2, 0.25) is 0 Å². The molecule has 2 aromatic rings. The summed E-state index contributed by atoms with van der Waals surface area (Å²) < 4.78 is 38.2. The van der Waals surface area contributed by atoms with Crippen molar-refractivity contribution in [2.45, 2.75) is 12.2 Å². The smallest absolute Gasteiger partial charge is 0.271 e. The zero-order valence-electron chi connectivity index (χ0n) is 10.3. The Morgan fingerprint density at radius 1 is 1.05 bits per heavy atom. The summed E-state index contributed by atoms with van der Waals surface area (Å²) in [6.45, 7) is 0. The number of alkyl halides is 3. The van der Waals surface area contributed by atoms with Gasteiger partial charge in [0.05, 0.1) is 11.6 Å². The van der Waals surface area contributed by atoms with Crippen LogP contribution in [0, 0.1) is 0 Å². The fourth-order valence-corrected chi connectivity index (χ4v) is 2.21. The summed E-state index contributed by atoms with van der Waals surface area (Å²) in [5.41, 5.74) is 2.80. The molecule has 0 saturated heterocycles. The van der Waals surface area contributed by atoms with Crippen molar-refractivity contribution in [3.05, 3.63) is 70.2 Å². The maximum Gasteiger partial charge on any atom is 0.416 e. The maximum atomic E-state index is 12.7. The van der Waals surface area contributed by atoms with Gasteiger partial charge in [-0.2, -0.15) is 13.2 Å². The fraction of sp³-hybridized carbons (Fsp3) is 0.143. The topological polar surface area (TPSA) is 38.0 Å². The zero-order chi connectivity index (χ0) is 14.8. The minimum absolute atomic E-state index is 0.399. The highest BCUT2D eigenvalue weighted by molar-refractivity contribution is 6.31. The highest BCUT2D eigenvalue weighted by Gasteiger charge is 2.31. The van der Waals surface area contributed by atoms with Gasteiger partial charge in [-0.15, -0.1) is 0 Å². The van der Waals surface area contributed by atoms with Crippen LogP contribution in [0.2, 0.25) is 5.02 Å². The third-order valence-corrected chi connectivity index (χ3v) is 3.27. The van der Waals surface area contributed by atoms with Crippen molar-refractivity contribution in [2.24, 2.45) is 5.84 Å². The Balaban J connectivity index is 2.46. The summed E-state index contributed by atoms with van der Waals surface area (Å²) >= 11 is 6.06. The molecule has 1 atom stereocenters. The van der Waals surface area contributed by atoms with Crippen molar-refractivity contribution in [1.82, 2.24) is 5.43 Å². The molecule has 1 unspecified atom stereocenters. The standard InChI is InChI=1S/C14H12ClF3N2/c15-12-7-2-1-6-11(12)13(20-19)9-4-3-5-10(8-9)14(16,17)18/h1-8,13,20H,19H2. The van der Waals surface area contributed by atoms with Gasteiger partial charge in [0.1, 0.15) is 0 Å². The zero-order valence-corrected chi connectivity index (χ0v) is 11.0. The van der Waals surface area contributed by atoms with E-state index in [9.17, 15) is 13.2 Å². The molecule has 0 aromatic heterocycles. The Labute approximate surface area is 119 Å². The van der Waals surface area contributed by atoms with Crippen LogP contribution in [0.5, 0.6) is 0 Å². The average molecular weight is 301 g/mol. The van der Waals surface area contributed by atoms with Crippen molar-refractivity contribution < 1.29 is 13.2 Å². The van der Waals surface area contributed by atoms with E-state index in [1.54, 1.807) is 30.3 Å². The molecule has 0 spiro atoms. The second-order valence-electron chi connectivity index (χ2n) is 4.24. The molecule has 20 heavy (non-hydrogen) atoms. The summed E-state index contributed by atoms with van der Waals surface area (Å²) in [4.78, 5) is 0. The van der Waals surface area contributed by atoms with E-state index >= 15 is 0 Å². The third-order valence-electron chi connectivity index (χ3n) is 2.93. The molecule has 0 heterocycles. The highest BCUT2D eigenvalue weighted by Crippen LogP contribution is 2.33. The van der Waals surface area contributed by atoms with Crippen LogP contribution in [0.15, 0.2) is 48.5 Å². The molecule has 0 bridgehead atoms. The Morgan fingerprint density at radius 2 is 1.75 bits per heavy atom. The molecule has 0 aliphatic rings. The summed E-state index contributed by atoms with van der Waals surface area (Å²) in [5, 5.41) is 0.438. The molecule has 3 N–H and O–H groups in total. The molecule has 0 saturated carbocycles. The number of hydrogen-bond acceptors (Lipinski definition) is 2. The van der Waals surface area contributed by atoms with Crippen molar-refractivity contribution in [3.63, 3.8) is 0 Å². The van der Waals surface area contributed by atoms with E-state index in [4.69, 9.17) is 17.4 Å². The van der Waals surface area contributed by atoms with Gasteiger partial charge in [-0.25, -0.2) is 5.43 Å². The predicted octanol–water partition coefficient (Wildman–Crippen LogP) is 3.91. The number of hydrogen-bond donors (Lipinski definition) is 2. The quantitative estimate of drug-likeness (QED) is 0.666. The SMILES string of the molecule is NNC(c1cccc(C(F)(F)F)c1)c1ccccc1Cl. The molecule has 0 aliphatic heterocycles. The fourth-order valence-electron chi connectivity index (χ4n) is 1.97. The number of rotatable bonds is 3. The first kappa shape index (κ1) is 14.8. The van der Waals surface area contributed by atoms with E-state index in [0.717, 1.165) is 12.1 Å². The van der Waals surface area contributed by atoms with E-state index < -0.39 is 17.8 Å². The van der Waals surface area contributed by atoms with E-state index in [-0.39, 0.29) is 0 Å². The Bertz CT molecular complexity index is 599. The summed E-state index contributed by atoms with van der Waals surface area (Å²) in [6.07, 6.45) is -4.39. The normalized spacial score (nSPS) is 13.2. The largest absolute Gasteiger partial charge is 0.416 e. The van der Waals surface area contributed by atoms with E-state index in [1.165, 1.54) is 6.07 Å². The van der Waals surface area contributed by atoms with Crippen molar-refractivity contribution in [1.29, 1.82) is 0 Å². The van der Waals surface area contributed by atoms with Crippen LogP contribution in [0.3, 0.4) is 0 Å².